The number of guanidine groups is 1. The molecule has 0 aliphatic rings. The third kappa shape index (κ3) is 8.66. The molecule has 0 spiro atoms. The molecule has 1 unspecified atom stereocenters. The van der Waals surface area contributed by atoms with Crippen LogP contribution < -0.4 is 15.4 Å². The van der Waals surface area contributed by atoms with E-state index in [1.54, 1.807) is 18.2 Å². The van der Waals surface area contributed by atoms with Gasteiger partial charge in [0.1, 0.15) is 18.5 Å². The van der Waals surface area contributed by atoms with Crippen LogP contribution in [0.5, 0.6) is 5.75 Å². The molecule has 0 saturated carbocycles. The number of ether oxygens (including phenoxy) is 1. The fourth-order valence-corrected chi connectivity index (χ4v) is 2.97. The van der Waals surface area contributed by atoms with Gasteiger partial charge in [-0.1, -0.05) is 19.1 Å². The Bertz CT molecular complexity index is 788. The van der Waals surface area contributed by atoms with Gasteiger partial charge < -0.3 is 19.9 Å². The average Bonchev–Trinajstić information content (AvgIpc) is 3.05. The van der Waals surface area contributed by atoms with E-state index < -0.39 is 0 Å². The van der Waals surface area contributed by atoms with Gasteiger partial charge in [0.25, 0.3) is 0 Å². The van der Waals surface area contributed by atoms with Gasteiger partial charge in [0, 0.05) is 13.6 Å². The van der Waals surface area contributed by atoms with Gasteiger partial charge in [0.05, 0.1) is 6.54 Å². The predicted octanol–water partition coefficient (Wildman–Crippen LogP) is 3.53. The van der Waals surface area contributed by atoms with Gasteiger partial charge in [-0.2, -0.15) is 11.8 Å². The lowest BCUT2D eigenvalue weighted by atomic mass is 10.2. The highest BCUT2D eigenvalue weighted by molar-refractivity contribution is 14.0. The molecule has 0 amide bonds. The first-order valence-electron chi connectivity index (χ1n) is 9.82. The Kier molecular flexibility index (Phi) is 12.7. The number of hydrogen-bond donors (Lipinski definition) is 2. The number of nitrogens with zero attached hydrogens (tertiary/aromatic N) is 4. The monoisotopic (exact) mass is 550 g/mol. The third-order valence-electron chi connectivity index (χ3n) is 4.46. The maximum absolute atomic E-state index is 13.9. The molecule has 0 aliphatic heterocycles. The zero-order chi connectivity index (χ0) is 21.1. The molecule has 1 atom stereocenters. The summed E-state index contributed by atoms with van der Waals surface area (Å²) in [6, 6.07) is 6.46. The van der Waals surface area contributed by atoms with Crippen LogP contribution in [0.3, 0.4) is 0 Å². The summed E-state index contributed by atoms with van der Waals surface area (Å²) in [7, 11) is 1.93. The maximum Gasteiger partial charge on any atom is 0.191 e. The van der Waals surface area contributed by atoms with Gasteiger partial charge in [0.2, 0.25) is 0 Å². The molecular formula is C20H32FIN6OS. The second-order valence-electron chi connectivity index (χ2n) is 6.62. The topological polar surface area (TPSA) is 76.4 Å². The van der Waals surface area contributed by atoms with E-state index >= 15 is 0 Å². The number of benzene rings is 1. The lowest BCUT2D eigenvalue weighted by Crippen LogP contribution is -2.43. The number of aromatic nitrogens is 3. The third-order valence-corrected chi connectivity index (χ3v) is 5.16. The molecule has 0 saturated heterocycles. The first-order valence-corrected chi connectivity index (χ1v) is 11.2. The van der Waals surface area contributed by atoms with E-state index in [4.69, 9.17) is 4.74 Å². The van der Waals surface area contributed by atoms with E-state index in [2.05, 4.69) is 32.1 Å². The second kappa shape index (κ2) is 14.4. The molecule has 0 fully saturated rings. The Morgan fingerprint density at radius 3 is 2.70 bits per heavy atom. The van der Waals surface area contributed by atoms with Crippen molar-refractivity contribution in [3.05, 3.63) is 41.7 Å². The highest BCUT2D eigenvalue weighted by Crippen LogP contribution is 2.17. The number of aliphatic imine (C=N–C) groups is 1. The SMILES string of the molecule is CCC(CNC(=NCc1nnc(C)n1C)NCCCSC)Oc1ccccc1F.I. The van der Waals surface area contributed by atoms with Gasteiger partial charge in [-0.3, -0.25) is 0 Å². The molecule has 2 N–H and O–H groups in total. The van der Waals surface area contributed by atoms with Crippen molar-refractivity contribution in [3.63, 3.8) is 0 Å². The van der Waals surface area contributed by atoms with Crippen LogP contribution in [0.15, 0.2) is 29.3 Å². The number of para-hydroxylation sites is 1. The molecule has 0 radical (unpaired) electrons. The summed E-state index contributed by atoms with van der Waals surface area (Å²) in [6.45, 7) is 5.66. The van der Waals surface area contributed by atoms with Crippen molar-refractivity contribution >= 4 is 41.7 Å². The van der Waals surface area contributed by atoms with Crippen LogP contribution in [0.25, 0.3) is 0 Å². The van der Waals surface area contributed by atoms with Crippen molar-refractivity contribution in [2.24, 2.45) is 12.0 Å². The highest BCUT2D eigenvalue weighted by atomic mass is 127. The number of nitrogens with one attached hydrogen (secondary N) is 2. The molecule has 2 rings (SSSR count). The number of rotatable bonds is 11. The number of hydrogen-bond acceptors (Lipinski definition) is 5. The summed E-state index contributed by atoms with van der Waals surface area (Å²) >= 11 is 1.82. The Morgan fingerprint density at radius 2 is 2.07 bits per heavy atom. The molecule has 7 nitrogen and oxygen atoms in total. The lowest BCUT2D eigenvalue weighted by Gasteiger charge is -2.20. The van der Waals surface area contributed by atoms with Crippen molar-refractivity contribution in [2.75, 3.05) is 25.1 Å². The second-order valence-corrected chi connectivity index (χ2v) is 7.61. The fourth-order valence-electron chi connectivity index (χ4n) is 2.54. The van der Waals surface area contributed by atoms with E-state index in [0.29, 0.717) is 19.0 Å². The Labute approximate surface area is 199 Å². The first kappa shape index (κ1) is 26.5. The zero-order valence-electron chi connectivity index (χ0n) is 18.0. The Morgan fingerprint density at radius 1 is 1.30 bits per heavy atom. The summed E-state index contributed by atoms with van der Waals surface area (Å²) in [5.41, 5.74) is 0. The molecule has 0 aliphatic carbocycles. The minimum absolute atomic E-state index is 0. The molecule has 1 aromatic carbocycles. The molecule has 30 heavy (non-hydrogen) atoms. The Balaban J connectivity index is 0.00000450. The summed E-state index contributed by atoms with van der Waals surface area (Å²) in [5, 5.41) is 14.9. The van der Waals surface area contributed by atoms with Crippen LogP contribution in [0.4, 0.5) is 4.39 Å². The first-order chi connectivity index (χ1) is 14.0. The molecule has 2 aromatic rings. The smallest absolute Gasteiger partial charge is 0.191 e. The van der Waals surface area contributed by atoms with E-state index in [-0.39, 0.29) is 41.6 Å². The minimum atomic E-state index is -0.354. The summed E-state index contributed by atoms with van der Waals surface area (Å²) in [6.07, 6.45) is 3.69. The zero-order valence-corrected chi connectivity index (χ0v) is 21.2. The number of halogens is 2. The van der Waals surface area contributed by atoms with E-state index in [1.165, 1.54) is 6.07 Å². The van der Waals surface area contributed by atoms with E-state index in [0.717, 1.165) is 36.8 Å². The van der Waals surface area contributed by atoms with E-state index in [9.17, 15) is 4.39 Å². The fraction of sp³-hybridized carbons (Fsp3) is 0.550. The number of aryl methyl sites for hydroxylation is 1. The molecule has 1 heterocycles. The average molecular weight is 550 g/mol. The van der Waals surface area contributed by atoms with Crippen LogP contribution in [-0.4, -0.2) is 51.9 Å². The van der Waals surface area contributed by atoms with Crippen molar-refractivity contribution in [1.82, 2.24) is 25.4 Å². The molecule has 168 valence electrons. The minimum Gasteiger partial charge on any atom is -0.486 e. The maximum atomic E-state index is 13.9. The summed E-state index contributed by atoms with van der Waals surface area (Å²) in [5.74, 6) is 3.32. The van der Waals surface area contributed by atoms with Crippen LogP contribution >= 0.6 is 35.7 Å². The predicted molar refractivity (Wildman–Crippen MR) is 132 cm³/mol. The number of thioether (sulfide) groups is 1. The van der Waals surface area contributed by atoms with Gasteiger partial charge >= 0.3 is 0 Å². The van der Waals surface area contributed by atoms with Crippen molar-refractivity contribution in [2.45, 2.75) is 39.3 Å². The van der Waals surface area contributed by atoms with Gasteiger partial charge in [0.15, 0.2) is 23.4 Å². The summed E-state index contributed by atoms with van der Waals surface area (Å²) in [4.78, 5) is 4.63. The molecule has 10 heteroatoms. The van der Waals surface area contributed by atoms with E-state index in [1.807, 2.05) is 37.2 Å². The molecular weight excluding hydrogens is 518 g/mol. The van der Waals surface area contributed by atoms with Crippen LogP contribution in [0.1, 0.15) is 31.4 Å². The van der Waals surface area contributed by atoms with Crippen molar-refractivity contribution < 1.29 is 9.13 Å². The normalized spacial score (nSPS) is 12.2. The van der Waals surface area contributed by atoms with Gasteiger partial charge in [-0.25, -0.2) is 9.38 Å². The van der Waals surface area contributed by atoms with Crippen molar-refractivity contribution in [1.29, 1.82) is 0 Å². The Hall–Kier alpha value is -1.56. The van der Waals surface area contributed by atoms with Crippen LogP contribution in [0.2, 0.25) is 0 Å². The standard InChI is InChI=1S/C20H31FN6OS.HI/c1-5-16(28-18-10-7-6-9-17(18)21)13-23-20(22-11-8-12-29-4)24-14-19-26-25-15(2)27(19)3;/h6-7,9-10,16H,5,8,11-14H2,1-4H3,(H2,22,23,24);1H. The molecule has 1 aromatic heterocycles. The van der Waals surface area contributed by atoms with Crippen LogP contribution in [0, 0.1) is 12.7 Å². The molecule has 0 bridgehead atoms. The van der Waals surface area contributed by atoms with Gasteiger partial charge in [-0.15, -0.1) is 34.2 Å². The highest BCUT2D eigenvalue weighted by Gasteiger charge is 2.12. The largest absolute Gasteiger partial charge is 0.486 e. The summed E-state index contributed by atoms with van der Waals surface area (Å²) < 4.78 is 21.6. The van der Waals surface area contributed by atoms with Crippen molar-refractivity contribution in [3.8, 4) is 5.75 Å². The van der Waals surface area contributed by atoms with Gasteiger partial charge in [-0.05, 0) is 43.9 Å². The lowest BCUT2D eigenvalue weighted by molar-refractivity contribution is 0.191. The van der Waals surface area contributed by atoms with Crippen LogP contribution in [-0.2, 0) is 13.6 Å². The quantitative estimate of drug-likeness (QED) is 0.193.